The predicted octanol–water partition coefficient (Wildman–Crippen LogP) is 2.48. The van der Waals surface area contributed by atoms with Gasteiger partial charge in [-0.3, -0.25) is 0 Å². The summed E-state index contributed by atoms with van der Waals surface area (Å²) in [5.41, 5.74) is 0.285. The van der Waals surface area contributed by atoms with Crippen molar-refractivity contribution in [1.82, 2.24) is 5.32 Å². The van der Waals surface area contributed by atoms with Crippen LogP contribution in [-0.4, -0.2) is 24.8 Å². The van der Waals surface area contributed by atoms with Gasteiger partial charge in [-0.2, -0.15) is 0 Å². The van der Waals surface area contributed by atoms with Gasteiger partial charge in [0.15, 0.2) is 0 Å². The van der Waals surface area contributed by atoms with Gasteiger partial charge in [0, 0.05) is 0 Å². The number of rotatable bonds is 6. The second kappa shape index (κ2) is 4.63. The Labute approximate surface area is 87.4 Å². The molecule has 0 amide bonds. The van der Waals surface area contributed by atoms with Crippen LogP contribution >= 0.6 is 0 Å². The first-order chi connectivity index (χ1) is 6.85. The van der Waals surface area contributed by atoms with E-state index in [9.17, 15) is 0 Å². The molecule has 2 nitrogen and oxygen atoms in total. The van der Waals surface area contributed by atoms with Gasteiger partial charge in [-0.15, -0.1) is 0 Å². The molecule has 0 aromatic heterocycles. The van der Waals surface area contributed by atoms with E-state index in [-0.39, 0.29) is 5.60 Å². The highest BCUT2D eigenvalue weighted by atomic mass is 16.5. The molecule has 0 saturated heterocycles. The number of ether oxygens (including phenoxy) is 1. The minimum absolute atomic E-state index is 0.285. The van der Waals surface area contributed by atoms with Crippen molar-refractivity contribution in [2.24, 2.45) is 0 Å². The maximum absolute atomic E-state index is 6.22. The molecule has 1 N–H and O–H groups in total. The van der Waals surface area contributed by atoms with Crippen LogP contribution in [0.25, 0.3) is 0 Å². The molecule has 2 heteroatoms. The predicted molar refractivity (Wildman–Crippen MR) is 58.5 cm³/mol. The molecule has 0 spiro atoms. The molecule has 0 bridgehead atoms. The molecule has 0 aliphatic heterocycles. The van der Waals surface area contributed by atoms with Crippen molar-refractivity contribution < 1.29 is 4.74 Å². The van der Waals surface area contributed by atoms with Gasteiger partial charge >= 0.3 is 0 Å². The number of hydrogen-bond donors (Lipinski definition) is 1. The molecule has 2 rings (SSSR count). The van der Waals surface area contributed by atoms with Crippen molar-refractivity contribution >= 4 is 0 Å². The Morgan fingerprint density at radius 3 is 2.50 bits per heavy atom. The zero-order valence-electron chi connectivity index (χ0n) is 9.35. The highest BCUT2D eigenvalue weighted by molar-refractivity contribution is 4.92. The molecule has 0 aromatic carbocycles. The van der Waals surface area contributed by atoms with E-state index >= 15 is 0 Å². The number of nitrogens with one attached hydrogen (secondary N) is 1. The summed E-state index contributed by atoms with van der Waals surface area (Å²) in [4.78, 5) is 0. The molecule has 14 heavy (non-hydrogen) atoms. The zero-order chi connectivity index (χ0) is 9.86. The van der Waals surface area contributed by atoms with E-state index in [2.05, 4.69) is 12.2 Å². The van der Waals surface area contributed by atoms with Crippen molar-refractivity contribution in [3.63, 3.8) is 0 Å². The van der Waals surface area contributed by atoms with Crippen molar-refractivity contribution in [3.8, 4) is 0 Å². The quantitative estimate of drug-likeness (QED) is 0.660. The molecule has 2 fully saturated rings. The second-order valence-electron chi connectivity index (χ2n) is 4.81. The van der Waals surface area contributed by atoms with Crippen molar-refractivity contribution in [3.05, 3.63) is 0 Å². The summed E-state index contributed by atoms with van der Waals surface area (Å²) < 4.78 is 6.22. The van der Waals surface area contributed by atoms with Crippen LogP contribution < -0.4 is 5.32 Å². The molecular formula is C12H23NO. The van der Waals surface area contributed by atoms with E-state index in [1.54, 1.807) is 0 Å². The Balaban J connectivity index is 1.71. The summed E-state index contributed by atoms with van der Waals surface area (Å²) in [7, 11) is 0. The lowest BCUT2D eigenvalue weighted by Gasteiger charge is -2.46. The fraction of sp³-hybridized carbons (Fsp3) is 1.00. The van der Waals surface area contributed by atoms with Gasteiger partial charge in [0.05, 0.1) is 11.7 Å². The van der Waals surface area contributed by atoms with Gasteiger partial charge in [-0.25, -0.2) is 0 Å². The van der Waals surface area contributed by atoms with E-state index < -0.39 is 0 Å². The third kappa shape index (κ3) is 2.29. The van der Waals surface area contributed by atoms with Crippen molar-refractivity contribution in [2.45, 2.75) is 63.6 Å². The molecule has 0 atom stereocenters. The molecule has 0 radical (unpaired) electrons. The zero-order valence-corrected chi connectivity index (χ0v) is 9.35. The van der Waals surface area contributed by atoms with Crippen molar-refractivity contribution in [2.75, 3.05) is 13.1 Å². The minimum Gasteiger partial charge on any atom is -0.372 e. The lowest BCUT2D eigenvalue weighted by Crippen LogP contribution is -2.46. The van der Waals surface area contributed by atoms with Gasteiger partial charge in [0.1, 0.15) is 0 Å². The molecule has 82 valence electrons. The van der Waals surface area contributed by atoms with E-state index in [1.807, 2.05) is 0 Å². The van der Waals surface area contributed by atoms with Gasteiger partial charge in [0.2, 0.25) is 0 Å². The van der Waals surface area contributed by atoms with E-state index in [1.165, 1.54) is 44.9 Å². The van der Waals surface area contributed by atoms with Crippen LogP contribution in [0.15, 0.2) is 0 Å². The Morgan fingerprint density at radius 1 is 1.29 bits per heavy atom. The van der Waals surface area contributed by atoms with E-state index in [0.29, 0.717) is 6.10 Å². The summed E-state index contributed by atoms with van der Waals surface area (Å²) in [6.45, 7) is 4.38. The van der Waals surface area contributed by atoms with Gasteiger partial charge in [-0.05, 0) is 58.0 Å². The third-order valence-electron chi connectivity index (χ3n) is 3.74. The average molecular weight is 197 g/mol. The standard InChI is InChI=1S/C12H23NO/c1-2-13-10-9-12(7-4-8-12)14-11-5-3-6-11/h11,13H,2-10H2,1H3. The first-order valence-corrected chi connectivity index (χ1v) is 6.23. The highest BCUT2D eigenvalue weighted by Crippen LogP contribution is 2.42. The first-order valence-electron chi connectivity index (χ1n) is 6.23. The van der Waals surface area contributed by atoms with E-state index in [4.69, 9.17) is 4.74 Å². The fourth-order valence-electron chi connectivity index (χ4n) is 2.33. The summed E-state index contributed by atoms with van der Waals surface area (Å²) in [5.74, 6) is 0. The average Bonchev–Trinajstić information content (AvgIpc) is 2.05. The van der Waals surface area contributed by atoms with Crippen LogP contribution in [0, 0.1) is 0 Å². The van der Waals surface area contributed by atoms with Gasteiger partial charge in [0.25, 0.3) is 0 Å². The van der Waals surface area contributed by atoms with Crippen LogP contribution in [0.2, 0.25) is 0 Å². The van der Waals surface area contributed by atoms with Crippen LogP contribution in [0.4, 0.5) is 0 Å². The van der Waals surface area contributed by atoms with Gasteiger partial charge < -0.3 is 10.1 Å². The monoisotopic (exact) mass is 197 g/mol. The highest BCUT2D eigenvalue weighted by Gasteiger charge is 2.40. The molecule has 0 heterocycles. The van der Waals surface area contributed by atoms with Crippen LogP contribution in [0.1, 0.15) is 51.9 Å². The summed E-state index contributed by atoms with van der Waals surface area (Å²) in [6.07, 6.45) is 9.80. The fourth-order valence-corrected chi connectivity index (χ4v) is 2.33. The Bertz CT molecular complexity index is 173. The Kier molecular flexibility index (Phi) is 3.45. The largest absolute Gasteiger partial charge is 0.372 e. The Morgan fingerprint density at radius 2 is 2.07 bits per heavy atom. The van der Waals surface area contributed by atoms with Gasteiger partial charge in [-0.1, -0.05) is 6.92 Å². The summed E-state index contributed by atoms with van der Waals surface area (Å²) >= 11 is 0. The lowest BCUT2D eigenvalue weighted by atomic mass is 9.76. The van der Waals surface area contributed by atoms with Crippen molar-refractivity contribution in [1.29, 1.82) is 0 Å². The first kappa shape index (κ1) is 10.4. The van der Waals surface area contributed by atoms with E-state index in [0.717, 1.165) is 13.1 Å². The number of hydrogen-bond acceptors (Lipinski definition) is 2. The van der Waals surface area contributed by atoms with Crippen LogP contribution in [-0.2, 0) is 4.74 Å². The minimum atomic E-state index is 0.285. The smallest absolute Gasteiger partial charge is 0.0698 e. The summed E-state index contributed by atoms with van der Waals surface area (Å²) in [5, 5.41) is 3.40. The topological polar surface area (TPSA) is 21.3 Å². The Hall–Kier alpha value is -0.0800. The maximum Gasteiger partial charge on any atom is 0.0698 e. The molecule has 0 unspecified atom stereocenters. The summed E-state index contributed by atoms with van der Waals surface area (Å²) in [6, 6.07) is 0. The maximum atomic E-state index is 6.22. The molecule has 2 saturated carbocycles. The van der Waals surface area contributed by atoms with Crippen LogP contribution in [0.3, 0.4) is 0 Å². The molecule has 0 aromatic rings. The van der Waals surface area contributed by atoms with Crippen LogP contribution in [0.5, 0.6) is 0 Å². The normalized spacial score (nSPS) is 25.5. The lowest BCUT2D eigenvalue weighted by molar-refractivity contribution is -0.163. The molecule has 2 aliphatic rings. The molecular weight excluding hydrogens is 174 g/mol. The second-order valence-corrected chi connectivity index (χ2v) is 4.81. The molecule has 2 aliphatic carbocycles. The SMILES string of the molecule is CCNCCC1(OC2CCC2)CCC1. The third-order valence-corrected chi connectivity index (χ3v) is 3.74.